The molecule has 5 nitrogen and oxygen atoms in total. The lowest BCUT2D eigenvalue weighted by atomic mass is 10.0. The fourth-order valence-corrected chi connectivity index (χ4v) is 4.26. The van der Waals surface area contributed by atoms with E-state index in [0.29, 0.717) is 23.8 Å². The van der Waals surface area contributed by atoms with E-state index in [4.69, 9.17) is 0 Å². The number of rotatable bonds is 7. The highest BCUT2D eigenvalue weighted by atomic mass is 32.2. The molecular formula is C13H22N2O3S. The monoisotopic (exact) mass is 286 g/mol. The molecule has 0 aromatic heterocycles. The van der Waals surface area contributed by atoms with Crippen molar-refractivity contribution in [3.8, 4) is 0 Å². The molecule has 0 radical (unpaired) electrons. The van der Waals surface area contributed by atoms with Gasteiger partial charge in [-0.2, -0.15) is 11.8 Å². The van der Waals surface area contributed by atoms with Gasteiger partial charge in [-0.1, -0.05) is 19.3 Å². The SMILES string of the molecule is COC(=O)CCCCCCC1SCC2NC(=O)NC21. The number of hydrogen-bond acceptors (Lipinski definition) is 4. The second kappa shape index (κ2) is 7.03. The molecule has 2 rings (SSSR count). The molecule has 2 aliphatic rings. The number of carbonyl (C=O) groups excluding carboxylic acids is 2. The summed E-state index contributed by atoms with van der Waals surface area (Å²) >= 11 is 1.96. The van der Waals surface area contributed by atoms with Gasteiger partial charge in [-0.15, -0.1) is 0 Å². The van der Waals surface area contributed by atoms with Crippen LogP contribution in [0.5, 0.6) is 0 Å². The zero-order chi connectivity index (χ0) is 13.7. The van der Waals surface area contributed by atoms with Crippen LogP contribution in [0.25, 0.3) is 0 Å². The molecule has 2 fully saturated rings. The van der Waals surface area contributed by atoms with Crippen molar-refractivity contribution in [2.75, 3.05) is 12.9 Å². The topological polar surface area (TPSA) is 67.4 Å². The lowest BCUT2D eigenvalue weighted by Crippen LogP contribution is -2.36. The van der Waals surface area contributed by atoms with Crippen LogP contribution in [0.2, 0.25) is 0 Å². The quantitative estimate of drug-likeness (QED) is 0.424. The molecule has 0 saturated carbocycles. The van der Waals surface area contributed by atoms with Crippen LogP contribution >= 0.6 is 11.8 Å². The second-order valence-corrected chi connectivity index (χ2v) is 6.42. The van der Waals surface area contributed by atoms with E-state index in [1.54, 1.807) is 0 Å². The third-order valence-corrected chi connectivity index (χ3v) is 5.29. The van der Waals surface area contributed by atoms with Gasteiger partial charge in [0.15, 0.2) is 0 Å². The zero-order valence-electron chi connectivity index (χ0n) is 11.3. The Balaban J connectivity index is 1.54. The third kappa shape index (κ3) is 4.03. The number of methoxy groups -OCH3 is 1. The van der Waals surface area contributed by atoms with Crippen molar-refractivity contribution in [1.82, 2.24) is 10.6 Å². The van der Waals surface area contributed by atoms with Crippen LogP contribution in [0, 0.1) is 0 Å². The Labute approximate surface area is 118 Å². The average molecular weight is 286 g/mol. The van der Waals surface area contributed by atoms with Crippen molar-refractivity contribution in [3.05, 3.63) is 0 Å². The van der Waals surface area contributed by atoms with Crippen LogP contribution in [-0.4, -0.2) is 42.2 Å². The number of ether oxygens (including phenoxy) is 1. The fraction of sp³-hybridized carbons (Fsp3) is 0.846. The molecule has 19 heavy (non-hydrogen) atoms. The minimum absolute atomic E-state index is 0.0154. The van der Waals surface area contributed by atoms with Crippen LogP contribution in [0.4, 0.5) is 4.79 Å². The van der Waals surface area contributed by atoms with Gasteiger partial charge in [0.2, 0.25) is 0 Å². The molecule has 2 heterocycles. The number of unbranched alkanes of at least 4 members (excludes halogenated alkanes) is 3. The molecular weight excluding hydrogens is 264 g/mol. The Morgan fingerprint density at radius 1 is 1.32 bits per heavy atom. The lowest BCUT2D eigenvalue weighted by Gasteiger charge is -2.16. The van der Waals surface area contributed by atoms with E-state index in [9.17, 15) is 9.59 Å². The summed E-state index contributed by atoms with van der Waals surface area (Å²) in [4.78, 5) is 22.2. The molecule has 3 unspecified atom stereocenters. The van der Waals surface area contributed by atoms with Crippen molar-refractivity contribution < 1.29 is 14.3 Å². The van der Waals surface area contributed by atoms with E-state index in [1.807, 2.05) is 11.8 Å². The smallest absolute Gasteiger partial charge is 0.315 e. The van der Waals surface area contributed by atoms with Crippen molar-refractivity contribution in [2.45, 2.75) is 55.9 Å². The van der Waals surface area contributed by atoms with Gasteiger partial charge in [0.05, 0.1) is 19.2 Å². The van der Waals surface area contributed by atoms with Crippen molar-refractivity contribution in [1.29, 1.82) is 0 Å². The van der Waals surface area contributed by atoms with Crippen molar-refractivity contribution in [2.24, 2.45) is 0 Å². The molecule has 2 amide bonds. The van der Waals surface area contributed by atoms with Crippen LogP contribution in [0.1, 0.15) is 38.5 Å². The molecule has 2 saturated heterocycles. The van der Waals surface area contributed by atoms with E-state index in [1.165, 1.54) is 7.11 Å². The summed E-state index contributed by atoms with van der Waals surface area (Å²) in [7, 11) is 1.43. The first-order valence-electron chi connectivity index (χ1n) is 6.96. The normalized spacial score (nSPS) is 28.7. The highest BCUT2D eigenvalue weighted by Crippen LogP contribution is 2.33. The Morgan fingerprint density at radius 2 is 2.11 bits per heavy atom. The van der Waals surface area contributed by atoms with Gasteiger partial charge in [-0.25, -0.2) is 4.79 Å². The molecule has 0 aliphatic carbocycles. The number of hydrogen-bond donors (Lipinski definition) is 2. The summed E-state index contributed by atoms with van der Waals surface area (Å²) in [5, 5.41) is 6.51. The standard InChI is InChI=1S/C13H22N2O3S/c1-18-11(16)7-5-3-2-4-6-10-12-9(8-19-10)14-13(17)15-12/h9-10,12H,2-8H2,1H3,(H2,14,15,17). The van der Waals surface area contributed by atoms with Gasteiger partial charge < -0.3 is 15.4 Å². The molecule has 2 aliphatic heterocycles. The Bertz CT molecular complexity index is 338. The van der Waals surface area contributed by atoms with E-state index in [0.717, 1.165) is 37.9 Å². The molecule has 6 heteroatoms. The lowest BCUT2D eigenvalue weighted by molar-refractivity contribution is -0.140. The van der Waals surface area contributed by atoms with Gasteiger partial charge >= 0.3 is 12.0 Å². The average Bonchev–Trinajstić information content (AvgIpc) is 2.93. The van der Waals surface area contributed by atoms with Gasteiger partial charge in [0, 0.05) is 17.4 Å². The molecule has 108 valence electrons. The van der Waals surface area contributed by atoms with Gasteiger partial charge in [0.1, 0.15) is 0 Å². The molecule has 2 N–H and O–H groups in total. The predicted molar refractivity (Wildman–Crippen MR) is 75.2 cm³/mol. The summed E-state index contributed by atoms with van der Waals surface area (Å²) in [6.07, 6.45) is 5.97. The van der Waals surface area contributed by atoms with E-state index in [-0.39, 0.29) is 12.0 Å². The number of urea groups is 1. The maximum Gasteiger partial charge on any atom is 0.315 e. The van der Waals surface area contributed by atoms with Crippen molar-refractivity contribution in [3.63, 3.8) is 0 Å². The maximum absolute atomic E-state index is 11.2. The molecule has 3 atom stereocenters. The van der Waals surface area contributed by atoms with Crippen LogP contribution in [0.15, 0.2) is 0 Å². The number of carbonyl (C=O) groups is 2. The largest absolute Gasteiger partial charge is 0.469 e. The summed E-state index contributed by atoms with van der Waals surface area (Å²) in [6, 6.07) is 0.618. The van der Waals surface area contributed by atoms with Gasteiger partial charge in [-0.3, -0.25) is 4.79 Å². The van der Waals surface area contributed by atoms with E-state index >= 15 is 0 Å². The number of thioether (sulfide) groups is 1. The molecule has 0 bridgehead atoms. The van der Waals surface area contributed by atoms with Gasteiger partial charge in [-0.05, 0) is 12.8 Å². The van der Waals surface area contributed by atoms with Gasteiger partial charge in [0.25, 0.3) is 0 Å². The first-order chi connectivity index (χ1) is 9.20. The predicted octanol–water partition coefficient (Wildman–Crippen LogP) is 1.67. The molecule has 0 aromatic carbocycles. The number of amides is 2. The highest BCUT2D eigenvalue weighted by Gasteiger charge is 2.42. The Hall–Kier alpha value is -0.910. The minimum atomic E-state index is -0.117. The summed E-state index contributed by atoms with van der Waals surface area (Å²) in [5.74, 6) is 0.907. The Morgan fingerprint density at radius 3 is 2.89 bits per heavy atom. The Kier molecular flexibility index (Phi) is 5.36. The van der Waals surface area contributed by atoms with Crippen LogP contribution < -0.4 is 10.6 Å². The highest BCUT2D eigenvalue weighted by molar-refractivity contribution is 8.00. The van der Waals surface area contributed by atoms with E-state index in [2.05, 4.69) is 15.4 Å². The first kappa shape index (κ1) is 14.5. The summed E-state index contributed by atoms with van der Waals surface area (Å²) < 4.78 is 4.61. The first-order valence-corrected chi connectivity index (χ1v) is 8.01. The fourth-order valence-electron chi connectivity index (χ4n) is 2.71. The second-order valence-electron chi connectivity index (χ2n) is 5.15. The molecule has 0 aromatic rings. The zero-order valence-corrected chi connectivity index (χ0v) is 12.1. The third-order valence-electron chi connectivity index (χ3n) is 3.79. The summed E-state index contributed by atoms with van der Waals surface area (Å²) in [5.41, 5.74) is 0. The summed E-state index contributed by atoms with van der Waals surface area (Å²) in [6.45, 7) is 0. The van der Waals surface area contributed by atoms with Crippen molar-refractivity contribution >= 4 is 23.8 Å². The number of esters is 1. The minimum Gasteiger partial charge on any atom is -0.469 e. The van der Waals surface area contributed by atoms with Crippen LogP contribution in [-0.2, 0) is 9.53 Å². The van der Waals surface area contributed by atoms with Crippen LogP contribution in [0.3, 0.4) is 0 Å². The number of fused-ring (bicyclic) bond motifs is 1. The number of nitrogens with one attached hydrogen (secondary N) is 2. The maximum atomic E-state index is 11.2. The van der Waals surface area contributed by atoms with E-state index < -0.39 is 0 Å². The molecule has 0 spiro atoms.